The maximum atomic E-state index is 11.2. The molecule has 0 aromatic heterocycles. The molecule has 0 bridgehead atoms. The SMILES string of the molecule is CC(=Cc1ccc(N=[N+]=[N-])cc1)C1CCC(=O)CC1. The number of ketones is 1. The van der Waals surface area contributed by atoms with Crippen LogP contribution in [0.3, 0.4) is 0 Å². The first-order chi connectivity index (χ1) is 9.19. The fraction of sp³-hybridized carbons (Fsp3) is 0.400. The molecule has 0 N–H and O–H groups in total. The summed E-state index contributed by atoms with van der Waals surface area (Å²) < 4.78 is 0. The molecule has 19 heavy (non-hydrogen) atoms. The van der Waals surface area contributed by atoms with Gasteiger partial charge in [0.1, 0.15) is 5.78 Å². The van der Waals surface area contributed by atoms with E-state index in [1.54, 1.807) is 0 Å². The summed E-state index contributed by atoms with van der Waals surface area (Å²) in [6.07, 6.45) is 5.52. The van der Waals surface area contributed by atoms with E-state index in [4.69, 9.17) is 5.53 Å². The highest BCUT2D eigenvalue weighted by Crippen LogP contribution is 2.29. The van der Waals surface area contributed by atoms with Crippen molar-refractivity contribution >= 4 is 17.5 Å². The number of Topliss-reactive ketones (excluding diaryl/α,β-unsaturated/α-hetero) is 1. The van der Waals surface area contributed by atoms with Crippen LogP contribution in [0.5, 0.6) is 0 Å². The Balaban J connectivity index is 2.07. The van der Waals surface area contributed by atoms with Gasteiger partial charge in [0.05, 0.1) is 0 Å². The van der Waals surface area contributed by atoms with Crippen molar-refractivity contribution in [1.29, 1.82) is 0 Å². The summed E-state index contributed by atoms with van der Waals surface area (Å²) in [6.45, 7) is 2.13. The summed E-state index contributed by atoms with van der Waals surface area (Å²) in [5, 5.41) is 3.55. The normalized spacial score (nSPS) is 17.1. The molecule has 1 aliphatic carbocycles. The molecule has 4 nitrogen and oxygen atoms in total. The van der Waals surface area contributed by atoms with Crippen LogP contribution in [0.15, 0.2) is 35.0 Å². The van der Waals surface area contributed by atoms with E-state index in [9.17, 15) is 4.79 Å². The van der Waals surface area contributed by atoms with Gasteiger partial charge in [0.25, 0.3) is 0 Å². The fourth-order valence-electron chi connectivity index (χ4n) is 2.46. The van der Waals surface area contributed by atoms with Crippen LogP contribution >= 0.6 is 0 Å². The molecule has 98 valence electrons. The molecule has 1 aliphatic rings. The van der Waals surface area contributed by atoms with E-state index in [-0.39, 0.29) is 0 Å². The van der Waals surface area contributed by atoms with Gasteiger partial charge in [-0.3, -0.25) is 4.79 Å². The molecule has 0 saturated heterocycles. The molecule has 2 rings (SSSR count). The van der Waals surface area contributed by atoms with E-state index in [0.29, 0.717) is 30.2 Å². The maximum Gasteiger partial charge on any atom is 0.132 e. The molecule has 1 aromatic carbocycles. The van der Waals surface area contributed by atoms with Crippen LogP contribution < -0.4 is 0 Å². The van der Waals surface area contributed by atoms with Gasteiger partial charge >= 0.3 is 0 Å². The molecule has 0 amide bonds. The summed E-state index contributed by atoms with van der Waals surface area (Å²) in [6, 6.07) is 7.51. The highest BCUT2D eigenvalue weighted by atomic mass is 16.1. The van der Waals surface area contributed by atoms with Gasteiger partial charge in [-0.15, -0.1) is 0 Å². The molecule has 0 heterocycles. The van der Waals surface area contributed by atoms with Crippen LogP contribution in [-0.2, 0) is 4.79 Å². The lowest BCUT2D eigenvalue weighted by atomic mass is 9.83. The summed E-state index contributed by atoms with van der Waals surface area (Å²) >= 11 is 0. The smallest absolute Gasteiger partial charge is 0.132 e. The molecule has 1 saturated carbocycles. The van der Waals surface area contributed by atoms with Crippen molar-refractivity contribution in [3.8, 4) is 0 Å². The Hall–Kier alpha value is -2.06. The molecular formula is C15H17N3O. The zero-order valence-electron chi connectivity index (χ0n) is 11.0. The Morgan fingerprint density at radius 3 is 2.53 bits per heavy atom. The second-order valence-corrected chi connectivity index (χ2v) is 4.98. The van der Waals surface area contributed by atoms with Crippen molar-refractivity contribution in [2.45, 2.75) is 32.6 Å². The van der Waals surface area contributed by atoms with Gasteiger partial charge in [-0.2, -0.15) is 0 Å². The van der Waals surface area contributed by atoms with E-state index in [0.717, 1.165) is 18.4 Å². The van der Waals surface area contributed by atoms with Crippen LogP contribution in [0.25, 0.3) is 16.5 Å². The van der Waals surface area contributed by atoms with E-state index in [2.05, 4.69) is 23.0 Å². The van der Waals surface area contributed by atoms with Gasteiger partial charge in [-0.25, -0.2) is 0 Å². The molecule has 0 atom stereocenters. The number of benzene rings is 1. The predicted molar refractivity (Wildman–Crippen MR) is 75.9 cm³/mol. The quantitative estimate of drug-likeness (QED) is 0.435. The summed E-state index contributed by atoms with van der Waals surface area (Å²) in [4.78, 5) is 14.0. The molecule has 4 heteroatoms. The van der Waals surface area contributed by atoms with Crippen molar-refractivity contribution in [3.63, 3.8) is 0 Å². The molecule has 1 aromatic rings. The van der Waals surface area contributed by atoms with Gasteiger partial charge < -0.3 is 0 Å². The van der Waals surface area contributed by atoms with Crippen LogP contribution in [0, 0.1) is 5.92 Å². The summed E-state index contributed by atoms with van der Waals surface area (Å²) in [5.74, 6) is 0.914. The molecule has 0 spiro atoms. The van der Waals surface area contributed by atoms with E-state index >= 15 is 0 Å². The van der Waals surface area contributed by atoms with Gasteiger partial charge in [0, 0.05) is 23.4 Å². The van der Waals surface area contributed by atoms with Crippen molar-refractivity contribution < 1.29 is 4.79 Å². The average Bonchev–Trinajstić information content (AvgIpc) is 2.42. The van der Waals surface area contributed by atoms with Crippen molar-refractivity contribution in [3.05, 3.63) is 45.8 Å². The highest BCUT2D eigenvalue weighted by Gasteiger charge is 2.19. The first kappa shape index (κ1) is 13.4. The lowest BCUT2D eigenvalue weighted by Crippen LogP contribution is -2.14. The average molecular weight is 255 g/mol. The number of rotatable bonds is 3. The molecule has 0 unspecified atom stereocenters. The molecule has 0 radical (unpaired) electrons. The lowest BCUT2D eigenvalue weighted by molar-refractivity contribution is -0.120. The molecule has 0 aliphatic heterocycles. The third-order valence-corrected chi connectivity index (χ3v) is 3.63. The zero-order valence-corrected chi connectivity index (χ0v) is 11.0. The maximum absolute atomic E-state index is 11.2. The van der Waals surface area contributed by atoms with Crippen molar-refractivity contribution in [2.24, 2.45) is 11.0 Å². The first-order valence-electron chi connectivity index (χ1n) is 6.54. The number of carbonyl (C=O) groups excluding carboxylic acids is 1. The number of nitrogens with zero attached hydrogens (tertiary/aromatic N) is 3. The number of hydrogen-bond donors (Lipinski definition) is 0. The predicted octanol–water partition coefficient (Wildman–Crippen LogP) is 4.79. The van der Waals surface area contributed by atoms with E-state index < -0.39 is 0 Å². The highest BCUT2D eigenvalue weighted by molar-refractivity contribution is 5.79. The van der Waals surface area contributed by atoms with Crippen LogP contribution in [0.2, 0.25) is 0 Å². The van der Waals surface area contributed by atoms with Gasteiger partial charge in [-0.05, 0) is 36.8 Å². The van der Waals surface area contributed by atoms with Crippen molar-refractivity contribution in [2.75, 3.05) is 0 Å². The van der Waals surface area contributed by atoms with Crippen LogP contribution in [0.4, 0.5) is 5.69 Å². The van der Waals surface area contributed by atoms with Gasteiger partial charge in [0.15, 0.2) is 0 Å². The second kappa shape index (κ2) is 6.21. The van der Waals surface area contributed by atoms with E-state index in [1.807, 2.05) is 24.3 Å². The summed E-state index contributed by atoms with van der Waals surface area (Å²) in [7, 11) is 0. The largest absolute Gasteiger partial charge is 0.300 e. The number of azide groups is 1. The monoisotopic (exact) mass is 255 g/mol. The Morgan fingerprint density at radius 2 is 1.95 bits per heavy atom. The fourth-order valence-corrected chi connectivity index (χ4v) is 2.46. The number of allylic oxidation sites excluding steroid dienone is 1. The first-order valence-corrected chi connectivity index (χ1v) is 6.54. The summed E-state index contributed by atoms with van der Waals surface area (Å²) in [5.41, 5.74) is 11.4. The topological polar surface area (TPSA) is 65.8 Å². The molecule has 1 fully saturated rings. The lowest BCUT2D eigenvalue weighted by Gasteiger charge is -2.21. The van der Waals surface area contributed by atoms with Crippen LogP contribution in [-0.4, -0.2) is 5.78 Å². The van der Waals surface area contributed by atoms with Crippen LogP contribution in [0.1, 0.15) is 38.2 Å². The Bertz CT molecular complexity index is 529. The minimum absolute atomic E-state index is 0.391. The number of carbonyl (C=O) groups is 1. The third kappa shape index (κ3) is 3.70. The number of hydrogen-bond acceptors (Lipinski definition) is 2. The van der Waals surface area contributed by atoms with Gasteiger partial charge in [-0.1, -0.05) is 41.0 Å². The Kier molecular flexibility index (Phi) is 4.37. The Labute approximate surface area is 112 Å². The minimum Gasteiger partial charge on any atom is -0.300 e. The van der Waals surface area contributed by atoms with E-state index in [1.165, 1.54) is 5.57 Å². The minimum atomic E-state index is 0.391. The standard InChI is InChI=1S/C15H17N3O/c1-11(13-4-8-15(19)9-5-13)10-12-2-6-14(7-3-12)17-18-16/h2-3,6-7,10,13H,4-5,8-9H2,1H3. The zero-order chi connectivity index (χ0) is 13.7. The third-order valence-electron chi connectivity index (χ3n) is 3.63. The molecular weight excluding hydrogens is 238 g/mol. The second-order valence-electron chi connectivity index (χ2n) is 4.98. The Morgan fingerprint density at radius 1 is 1.32 bits per heavy atom. The van der Waals surface area contributed by atoms with Gasteiger partial charge in [0.2, 0.25) is 0 Å². The van der Waals surface area contributed by atoms with Crippen molar-refractivity contribution in [1.82, 2.24) is 0 Å².